The van der Waals surface area contributed by atoms with E-state index in [0.717, 1.165) is 12.1 Å². The molecule has 4 heteroatoms. The van der Waals surface area contributed by atoms with Gasteiger partial charge >= 0.3 is 5.97 Å². The Hall–Kier alpha value is -1.06. The third-order valence-electron chi connectivity index (χ3n) is 2.48. The van der Waals surface area contributed by atoms with E-state index >= 15 is 0 Å². The summed E-state index contributed by atoms with van der Waals surface area (Å²) < 4.78 is 0. The first kappa shape index (κ1) is 8.53. The summed E-state index contributed by atoms with van der Waals surface area (Å²) in [6.45, 7) is 0. The van der Waals surface area contributed by atoms with Crippen LogP contribution in [-0.2, 0) is 9.63 Å². The monoisotopic (exact) mass is 183 g/mol. The first-order chi connectivity index (χ1) is 6.25. The van der Waals surface area contributed by atoms with Crippen LogP contribution in [0.2, 0.25) is 0 Å². The van der Waals surface area contributed by atoms with E-state index in [9.17, 15) is 4.79 Å². The maximum atomic E-state index is 10.3. The van der Waals surface area contributed by atoms with Crippen LogP contribution in [0.25, 0.3) is 0 Å². The standard InChI is InChI=1S/C9H13NO3/c11-9(12)4-3-7-5-8(10-13-7)6-1-2-6/h6-7H,1-5H2,(H,11,12). The quantitative estimate of drug-likeness (QED) is 0.716. The smallest absolute Gasteiger partial charge is 0.303 e. The summed E-state index contributed by atoms with van der Waals surface area (Å²) in [6, 6.07) is 0. The zero-order chi connectivity index (χ0) is 9.26. The number of carboxylic acid groups (broad SMARTS) is 1. The third kappa shape index (κ3) is 2.20. The molecule has 0 radical (unpaired) electrons. The number of aliphatic carboxylic acids is 1. The molecule has 0 spiro atoms. The molecule has 1 aliphatic carbocycles. The van der Waals surface area contributed by atoms with E-state index in [-0.39, 0.29) is 12.5 Å². The lowest BCUT2D eigenvalue weighted by molar-refractivity contribution is -0.137. The highest BCUT2D eigenvalue weighted by molar-refractivity contribution is 5.89. The summed E-state index contributed by atoms with van der Waals surface area (Å²) in [5.41, 5.74) is 1.15. The van der Waals surface area contributed by atoms with E-state index in [2.05, 4.69) is 5.16 Å². The van der Waals surface area contributed by atoms with Crippen LogP contribution in [-0.4, -0.2) is 22.9 Å². The number of nitrogens with zero attached hydrogens (tertiary/aromatic N) is 1. The third-order valence-corrected chi connectivity index (χ3v) is 2.48. The molecule has 4 nitrogen and oxygen atoms in total. The first-order valence-electron chi connectivity index (χ1n) is 4.70. The van der Waals surface area contributed by atoms with Crippen LogP contribution in [0.1, 0.15) is 32.1 Å². The highest BCUT2D eigenvalue weighted by Crippen LogP contribution is 2.35. The van der Waals surface area contributed by atoms with Crippen molar-refractivity contribution in [2.24, 2.45) is 11.1 Å². The van der Waals surface area contributed by atoms with Crippen LogP contribution in [0.5, 0.6) is 0 Å². The summed E-state index contributed by atoms with van der Waals surface area (Å²) in [7, 11) is 0. The lowest BCUT2D eigenvalue weighted by Crippen LogP contribution is -2.10. The highest BCUT2D eigenvalue weighted by Gasteiger charge is 2.33. The van der Waals surface area contributed by atoms with Crippen LogP contribution in [0.3, 0.4) is 0 Å². The molecule has 2 rings (SSSR count). The lowest BCUT2D eigenvalue weighted by atomic mass is 10.1. The van der Waals surface area contributed by atoms with E-state index in [4.69, 9.17) is 9.94 Å². The van der Waals surface area contributed by atoms with Gasteiger partial charge in [-0.3, -0.25) is 4.79 Å². The summed E-state index contributed by atoms with van der Waals surface area (Å²) in [5.74, 6) is -0.113. The predicted octanol–water partition coefficient (Wildman–Crippen LogP) is 1.41. The molecule has 0 aromatic carbocycles. The van der Waals surface area contributed by atoms with Gasteiger partial charge in [-0.25, -0.2) is 0 Å². The lowest BCUT2D eigenvalue weighted by Gasteiger charge is -2.04. The maximum Gasteiger partial charge on any atom is 0.303 e. The molecule has 1 atom stereocenters. The second-order valence-corrected chi connectivity index (χ2v) is 3.72. The molecular weight excluding hydrogens is 170 g/mol. The molecule has 1 aliphatic heterocycles. The van der Waals surface area contributed by atoms with Crippen molar-refractivity contribution in [1.82, 2.24) is 0 Å². The van der Waals surface area contributed by atoms with E-state index in [1.165, 1.54) is 12.8 Å². The number of carboxylic acids is 1. The second kappa shape index (κ2) is 3.36. The summed E-state index contributed by atoms with van der Waals surface area (Å²) in [6.07, 6.45) is 4.08. The number of hydrogen-bond donors (Lipinski definition) is 1. The fourth-order valence-corrected chi connectivity index (χ4v) is 1.55. The molecule has 1 fully saturated rings. The zero-order valence-electron chi connectivity index (χ0n) is 7.40. The Bertz CT molecular complexity index is 245. The van der Waals surface area contributed by atoms with Gasteiger partial charge in [0.15, 0.2) is 0 Å². The van der Waals surface area contributed by atoms with Gasteiger partial charge in [0.05, 0.1) is 5.71 Å². The van der Waals surface area contributed by atoms with Gasteiger partial charge in [0.25, 0.3) is 0 Å². The molecule has 0 aromatic heterocycles. The Morgan fingerprint density at radius 2 is 2.38 bits per heavy atom. The molecule has 1 heterocycles. The zero-order valence-corrected chi connectivity index (χ0v) is 7.40. The normalized spacial score (nSPS) is 26.8. The maximum absolute atomic E-state index is 10.3. The van der Waals surface area contributed by atoms with Crippen LogP contribution < -0.4 is 0 Å². The number of carbonyl (C=O) groups is 1. The summed E-state index contributed by atoms with van der Waals surface area (Å²) in [4.78, 5) is 15.4. The minimum atomic E-state index is -0.761. The Labute approximate surface area is 76.6 Å². The van der Waals surface area contributed by atoms with Gasteiger partial charge in [-0.2, -0.15) is 0 Å². The van der Waals surface area contributed by atoms with Gasteiger partial charge in [-0.1, -0.05) is 5.16 Å². The molecule has 1 saturated carbocycles. The predicted molar refractivity (Wildman–Crippen MR) is 46.5 cm³/mol. The van der Waals surface area contributed by atoms with E-state index in [0.29, 0.717) is 12.3 Å². The van der Waals surface area contributed by atoms with Crippen LogP contribution in [0, 0.1) is 5.92 Å². The van der Waals surface area contributed by atoms with E-state index in [1.54, 1.807) is 0 Å². The largest absolute Gasteiger partial charge is 0.481 e. The fraction of sp³-hybridized carbons (Fsp3) is 0.778. The van der Waals surface area contributed by atoms with Crippen molar-refractivity contribution in [3.05, 3.63) is 0 Å². The molecule has 1 unspecified atom stereocenters. The molecule has 72 valence electrons. The first-order valence-corrected chi connectivity index (χ1v) is 4.70. The molecular formula is C9H13NO3. The van der Waals surface area contributed by atoms with Gasteiger partial charge < -0.3 is 9.94 Å². The Kier molecular flexibility index (Phi) is 2.20. The Balaban J connectivity index is 1.71. The van der Waals surface area contributed by atoms with Crippen molar-refractivity contribution < 1.29 is 14.7 Å². The van der Waals surface area contributed by atoms with Crippen molar-refractivity contribution >= 4 is 11.7 Å². The molecule has 0 amide bonds. The van der Waals surface area contributed by atoms with Crippen LogP contribution in [0.4, 0.5) is 0 Å². The minimum Gasteiger partial charge on any atom is -0.481 e. The fourth-order valence-electron chi connectivity index (χ4n) is 1.55. The molecule has 0 bridgehead atoms. The topological polar surface area (TPSA) is 58.9 Å². The summed E-state index contributed by atoms with van der Waals surface area (Å²) in [5, 5.41) is 12.4. The molecule has 2 aliphatic rings. The van der Waals surface area contributed by atoms with Crippen molar-refractivity contribution in [3.8, 4) is 0 Å². The van der Waals surface area contributed by atoms with Gasteiger partial charge in [0.1, 0.15) is 6.10 Å². The van der Waals surface area contributed by atoms with E-state index in [1.807, 2.05) is 0 Å². The average Bonchev–Trinajstić information content (AvgIpc) is 2.83. The number of oxime groups is 1. The number of rotatable bonds is 4. The minimum absolute atomic E-state index is 0.0201. The van der Waals surface area contributed by atoms with Gasteiger partial charge in [-0.05, 0) is 19.3 Å². The number of hydrogen-bond acceptors (Lipinski definition) is 3. The SMILES string of the molecule is O=C(O)CCC1CC(C2CC2)=NO1. The van der Waals surface area contributed by atoms with Gasteiger partial charge in [0, 0.05) is 18.8 Å². The molecule has 0 aromatic rings. The Morgan fingerprint density at radius 1 is 1.62 bits per heavy atom. The molecule has 13 heavy (non-hydrogen) atoms. The van der Waals surface area contributed by atoms with Crippen molar-refractivity contribution in [2.75, 3.05) is 0 Å². The van der Waals surface area contributed by atoms with Crippen molar-refractivity contribution in [1.29, 1.82) is 0 Å². The highest BCUT2D eigenvalue weighted by atomic mass is 16.6. The van der Waals surface area contributed by atoms with Gasteiger partial charge in [0.2, 0.25) is 0 Å². The average molecular weight is 183 g/mol. The van der Waals surface area contributed by atoms with Crippen molar-refractivity contribution in [3.63, 3.8) is 0 Å². The molecule has 1 N–H and O–H groups in total. The van der Waals surface area contributed by atoms with E-state index < -0.39 is 5.97 Å². The molecule has 0 saturated heterocycles. The van der Waals surface area contributed by atoms with Crippen LogP contribution in [0.15, 0.2) is 5.16 Å². The van der Waals surface area contributed by atoms with Gasteiger partial charge in [-0.15, -0.1) is 0 Å². The van der Waals surface area contributed by atoms with Crippen LogP contribution >= 0.6 is 0 Å². The second-order valence-electron chi connectivity index (χ2n) is 3.72. The van der Waals surface area contributed by atoms with Crippen molar-refractivity contribution in [2.45, 2.75) is 38.2 Å². The Morgan fingerprint density at radius 3 is 3.00 bits per heavy atom. The summed E-state index contributed by atoms with van der Waals surface area (Å²) >= 11 is 0.